The Balaban J connectivity index is 1.25. The van der Waals surface area contributed by atoms with Crippen LogP contribution in [0, 0.1) is 0 Å². The summed E-state index contributed by atoms with van der Waals surface area (Å²) in [5.74, 6) is 0.484. The van der Waals surface area contributed by atoms with Crippen LogP contribution in [0.3, 0.4) is 0 Å². The second-order valence-electron chi connectivity index (χ2n) is 9.40. The number of methoxy groups -OCH3 is 1. The summed E-state index contributed by atoms with van der Waals surface area (Å²) in [6, 6.07) is 10.2. The zero-order chi connectivity index (χ0) is 26.2. The third-order valence-corrected chi connectivity index (χ3v) is 10.6. The quantitative estimate of drug-likeness (QED) is 0.426. The molecule has 1 unspecified atom stereocenters. The fraction of sp³-hybridized carbons (Fsp3) is 0.462. The molecule has 3 aromatic rings. The van der Waals surface area contributed by atoms with Gasteiger partial charge in [0.1, 0.15) is 5.52 Å². The second-order valence-corrected chi connectivity index (χ2v) is 12.7. The highest BCUT2D eigenvalue weighted by Gasteiger charge is 2.33. The molecule has 2 saturated heterocycles. The first-order valence-electron chi connectivity index (χ1n) is 12.6. The minimum atomic E-state index is -3.57. The number of benzene rings is 2. The van der Waals surface area contributed by atoms with Gasteiger partial charge in [-0.15, -0.1) is 0 Å². The lowest BCUT2D eigenvalue weighted by Gasteiger charge is -2.35. The lowest BCUT2D eigenvalue weighted by Crippen LogP contribution is -2.48. The van der Waals surface area contributed by atoms with Gasteiger partial charge in [0.2, 0.25) is 10.0 Å². The van der Waals surface area contributed by atoms with Gasteiger partial charge in [-0.3, -0.25) is 4.79 Å². The number of carbonyl (C=O) groups excluding carboxylic acids is 1. The first kappa shape index (κ1) is 26.2. The Bertz CT molecular complexity index is 1390. The van der Waals surface area contributed by atoms with E-state index < -0.39 is 10.0 Å². The molecule has 37 heavy (non-hydrogen) atoms. The van der Waals surface area contributed by atoms with Crippen molar-refractivity contribution < 1.29 is 17.9 Å². The molecule has 3 heterocycles. The summed E-state index contributed by atoms with van der Waals surface area (Å²) in [6.45, 7) is 5.00. The van der Waals surface area contributed by atoms with E-state index in [2.05, 4.69) is 4.90 Å². The molecule has 8 nitrogen and oxygen atoms in total. The number of piperidine rings is 1. The fourth-order valence-corrected chi connectivity index (χ4v) is 8.16. The predicted octanol–water partition coefficient (Wildman–Crippen LogP) is 4.87. The number of fused-ring (bicyclic) bond motifs is 1. The number of anilines is 1. The van der Waals surface area contributed by atoms with Crippen molar-refractivity contribution in [2.75, 3.05) is 44.7 Å². The van der Waals surface area contributed by atoms with Crippen molar-refractivity contribution in [3.63, 3.8) is 0 Å². The van der Waals surface area contributed by atoms with Gasteiger partial charge >= 0.3 is 0 Å². The van der Waals surface area contributed by atoms with Gasteiger partial charge < -0.3 is 14.5 Å². The average molecular weight is 563 g/mol. The van der Waals surface area contributed by atoms with E-state index in [1.807, 2.05) is 24.0 Å². The van der Waals surface area contributed by atoms with Crippen LogP contribution < -0.4 is 9.64 Å². The van der Waals surface area contributed by atoms with Crippen molar-refractivity contribution in [2.24, 2.45) is 0 Å². The number of hydrogen-bond donors (Lipinski definition) is 0. The molecule has 1 atom stereocenters. The number of amides is 1. The molecule has 1 aromatic heterocycles. The number of rotatable bonds is 6. The SMILES string of the molecule is CCC1CCCCN1S(=O)(=O)c1ccc(C(=O)N2CCN(c3nc4c(OC)c(Cl)ccc4s3)CC2)cc1. The van der Waals surface area contributed by atoms with Crippen LogP contribution in [-0.2, 0) is 10.0 Å². The van der Waals surface area contributed by atoms with Crippen molar-refractivity contribution in [1.82, 2.24) is 14.2 Å². The zero-order valence-corrected chi connectivity index (χ0v) is 23.4. The van der Waals surface area contributed by atoms with Gasteiger partial charge in [-0.2, -0.15) is 4.31 Å². The molecule has 2 aromatic carbocycles. The monoisotopic (exact) mass is 562 g/mol. The minimum absolute atomic E-state index is 0.0462. The van der Waals surface area contributed by atoms with E-state index in [0.29, 0.717) is 49.1 Å². The maximum Gasteiger partial charge on any atom is 0.253 e. The number of ether oxygens (including phenoxy) is 1. The topological polar surface area (TPSA) is 83.1 Å². The van der Waals surface area contributed by atoms with Crippen LogP contribution in [0.2, 0.25) is 5.02 Å². The van der Waals surface area contributed by atoms with Crippen molar-refractivity contribution in [2.45, 2.75) is 43.5 Å². The van der Waals surface area contributed by atoms with E-state index in [4.69, 9.17) is 21.3 Å². The van der Waals surface area contributed by atoms with E-state index >= 15 is 0 Å². The Morgan fingerprint density at radius 1 is 1.08 bits per heavy atom. The highest BCUT2D eigenvalue weighted by atomic mass is 35.5. The maximum atomic E-state index is 13.2. The third kappa shape index (κ3) is 5.04. The van der Waals surface area contributed by atoms with Crippen molar-refractivity contribution in [3.05, 3.63) is 47.0 Å². The van der Waals surface area contributed by atoms with Crippen LogP contribution in [0.15, 0.2) is 41.3 Å². The zero-order valence-electron chi connectivity index (χ0n) is 21.0. The van der Waals surface area contributed by atoms with Crippen LogP contribution in [0.4, 0.5) is 5.13 Å². The normalized spacial score (nSPS) is 19.4. The van der Waals surface area contributed by atoms with E-state index in [0.717, 1.165) is 41.0 Å². The lowest BCUT2D eigenvalue weighted by atomic mass is 10.0. The van der Waals surface area contributed by atoms with Gasteiger partial charge in [0.05, 0.1) is 21.7 Å². The molecule has 0 saturated carbocycles. The molecular formula is C26H31ClN4O4S2. The summed E-state index contributed by atoms with van der Waals surface area (Å²) in [4.78, 5) is 22.1. The molecule has 0 N–H and O–H groups in total. The molecule has 0 radical (unpaired) electrons. The molecule has 0 spiro atoms. The van der Waals surface area contributed by atoms with Crippen LogP contribution in [0.1, 0.15) is 43.0 Å². The smallest absolute Gasteiger partial charge is 0.253 e. The molecule has 5 rings (SSSR count). The number of halogens is 1. The Morgan fingerprint density at radius 3 is 2.49 bits per heavy atom. The van der Waals surface area contributed by atoms with Crippen LogP contribution in [0.5, 0.6) is 5.75 Å². The van der Waals surface area contributed by atoms with Crippen molar-refractivity contribution in [1.29, 1.82) is 0 Å². The highest BCUT2D eigenvalue weighted by molar-refractivity contribution is 7.89. The third-order valence-electron chi connectivity index (χ3n) is 7.25. The van der Waals surface area contributed by atoms with E-state index in [-0.39, 0.29) is 16.8 Å². The average Bonchev–Trinajstić information content (AvgIpc) is 3.37. The molecule has 2 fully saturated rings. The van der Waals surface area contributed by atoms with Gasteiger partial charge in [0.25, 0.3) is 5.91 Å². The molecule has 11 heteroatoms. The Kier molecular flexibility index (Phi) is 7.63. The molecular weight excluding hydrogens is 532 g/mol. The van der Waals surface area contributed by atoms with Crippen LogP contribution in [-0.4, -0.2) is 74.4 Å². The van der Waals surface area contributed by atoms with E-state index in [1.54, 1.807) is 47.0 Å². The summed E-state index contributed by atoms with van der Waals surface area (Å²) in [5, 5.41) is 1.41. The number of nitrogens with zero attached hydrogens (tertiary/aromatic N) is 4. The largest absolute Gasteiger partial charge is 0.493 e. The summed E-state index contributed by atoms with van der Waals surface area (Å²) in [5.41, 5.74) is 1.25. The first-order valence-corrected chi connectivity index (χ1v) is 15.3. The number of sulfonamides is 1. The number of piperazine rings is 1. The second kappa shape index (κ2) is 10.8. The van der Waals surface area contributed by atoms with E-state index in [1.165, 1.54) is 0 Å². The predicted molar refractivity (Wildman–Crippen MR) is 148 cm³/mol. The van der Waals surface area contributed by atoms with Crippen LogP contribution in [0.25, 0.3) is 10.2 Å². The number of carbonyl (C=O) groups is 1. The Hall–Kier alpha value is -2.40. The summed E-state index contributed by atoms with van der Waals surface area (Å²) in [6.07, 6.45) is 3.65. The van der Waals surface area contributed by atoms with Gasteiger partial charge in [-0.1, -0.05) is 36.3 Å². The molecule has 2 aliphatic rings. The molecule has 2 aliphatic heterocycles. The molecule has 0 bridgehead atoms. The number of hydrogen-bond acceptors (Lipinski definition) is 7. The summed E-state index contributed by atoms with van der Waals surface area (Å²) < 4.78 is 34.5. The van der Waals surface area contributed by atoms with Gasteiger partial charge in [-0.05, 0) is 55.7 Å². The molecule has 0 aliphatic carbocycles. The standard InChI is InChI=1S/C26H31ClN4O4S2/c1-3-19-6-4-5-13-31(19)37(33,34)20-9-7-18(8-10-20)25(32)29-14-16-30(17-15-29)26-28-23-22(36-26)12-11-21(27)24(23)35-2/h7-12,19H,3-6,13-17H2,1-2H3. The van der Waals surface area contributed by atoms with Gasteiger partial charge in [0.15, 0.2) is 10.9 Å². The van der Waals surface area contributed by atoms with Crippen LogP contribution >= 0.6 is 22.9 Å². The number of aromatic nitrogens is 1. The van der Waals surface area contributed by atoms with Crippen molar-refractivity contribution >= 4 is 54.2 Å². The van der Waals surface area contributed by atoms with Crippen molar-refractivity contribution in [3.8, 4) is 5.75 Å². The summed E-state index contributed by atoms with van der Waals surface area (Å²) >= 11 is 7.82. The fourth-order valence-electron chi connectivity index (χ4n) is 5.15. The lowest BCUT2D eigenvalue weighted by molar-refractivity contribution is 0.0746. The van der Waals surface area contributed by atoms with Gasteiger partial charge in [-0.25, -0.2) is 13.4 Å². The molecule has 198 valence electrons. The minimum Gasteiger partial charge on any atom is -0.493 e. The first-order chi connectivity index (χ1) is 17.8. The highest BCUT2D eigenvalue weighted by Crippen LogP contribution is 2.38. The molecule has 1 amide bonds. The van der Waals surface area contributed by atoms with Gasteiger partial charge in [0, 0.05) is 44.3 Å². The van der Waals surface area contributed by atoms with E-state index in [9.17, 15) is 13.2 Å². The maximum absolute atomic E-state index is 13.2. The summed E-state index contributed by atoms with van der Waals surface area (Å²) in [7, 11) is -1.98. The Morgan fingerprint density at radius 2 is 1.81 bits per heavy atom. The number of thiazole rings is 1. The Labute approximate surface area is 226 Å².